The number of aliphatic hydroxyl groups is 1. The summed E-state index contributed by atoms with van der Waals surface area (Å²) >= 11 is 1.40. The fourth-order valence-corrected chi connectivity index (χ4v) is 16.9. The SMILES string of the molecule is CC[C@H](C)[C@H](NC(=O)[C@@H](NC(=O)[C@H](Cc1c[nH]c2ccccc12)NC(=O)[C@H](CCSC)NC(C)=O)[C@@H](C)O)C(=O)N[C@H]1CSSC[C@@H](C(=O)N[C@@H](Cc2c[nH]c3ccccc23)C(=O)N2CCC[C@H]2C(N)=O)NC(=O)[C@H](CC(=O)O)NC(=O)[C@H](Cc2cnc[nH]2)NC(=O)[C@H](Cc2c[nH]c3ccccc23)NC(=O)[C@H](CC(N)=O)NC(=O)[C@H](CC(N)=O)NC1=O. The van der Waals surface area contributed by atoms with E-state index in [-0.39, 0.29) is 44.3 Å². The summed E-state index contributed by atoms with van der Waals surface area (Å²) in [5.41, 5.74) is 20.7. The molecule has 0 unspecified atom stereocenters. The van der Waals surface area contributed by atoms with E-state index in [9.17, 15) is 67.7 Å². The molecule has 43 heteroatoms. The molecule has 4 aromatic heterocycles. The lowest BCUT2D eigenvalue weighted by atomic mass is 9.97. The van der Waals surface area contributed by atoms with Crippen molar-refractivity contribution in [3.63, 3.8) is 0 Å². The number of para-hydroxylation sites is 3. The molecule has 0 saturated carbocycles. The van der Waals surface area contributed by atoms with E-state index < -0.39 is 235 Å². The molecular weight excluding hydrogens is 1640 g/mol. The van der Waals surface area contributed by atoms with Crippen LogP contribution in [0.15, 0.2) is 104 Å². The van der Waals surface area contributed by atoms with Crippen LogP contribution in [-0.4, -0.2) is 255 Å². The molecule has 0 aliphatic carbocycles. The first-order valence-electron chi connectivity index (χ1n) is 39.2. The molecule has 2 fully saturated rings. The second-order valence-electron chi connectivity index (χ2n) is 29.8. The number of nitrogens with one attached hydrogen (secondary N) is 16. The first-order valence-corrected chi connectivity index (χ1v) is 43.1. The number of H-pyrrole nitrogens is 4. The summed E-state index contributed by atoms with van der Waals surface area (Å²) < 4.78 is 0. The van der Waals surface area contributed by atoms with Gasteiger partial charge in [0.15, 0.2) is 0 Å². The summed E-state index contributed by atoms with van der Waals surface area (Å²) in [5, 5.41) is 54.0. The summed E-state index contributed by atoms with van der Waals surface area (Å²) in [6, 6.07) is -1.68. The van der Waals surface area contributed by atoms with Crippen LogP contribution in [0.3, 0.4) is 0 Å². The highest BCUT2D eigenvalue weighted by Crippen LogP contribution is 2.28. The highest BCUT2D eigenvalue weighted by molar-refractivity contribution is 8.76. The molecule has 15 atom stereocenters. The van der Waals surface area contributed by atoms with Crippen LogP contribution in [0.25, 0.3) is 32.7 Å². The molecule has 2 aliphatic rings. The number of aromatic nitrogens is 5. The Balaban J connectivity index is 1.09. The smallest absolute Gasteiger partial charge is 0.305 e. The summed E-state index contributed by atoms with van der Waals surface area (Å²) in [5.74, 6) is -20.8. The Morgan fingerprint density at radius 1 is 0.566 bits per heavy atom. The molecular formula is C79H101N21O19S3. The van der Waals surface area contributed by atoms with Gasteiger partial charge in [0.2, 0.25) is 94.5 Å². The molecule has 7 aromatic rings. The number of carbonyl (C=O) groups excluding carboxylic acids is 16. The van der Waals surface area contributed by atoms with Crippen molar-refractivity contribution in [3.8, 4) is 0 Å². The number of likely N-dealkylation sites (tertiary alicyclic amines) is 1. The van der Waals surface area contributed by atoms with Gasteiger partial charge in [-0.25, -0.2) is 4.98 Å². The number of aromatic amines is 4. The van der Waals surface area contributed by atoms with E-state index in [2.05, 4.69) is 88.7 Å². The van der Waals surface area contributed by atoms with Crippen LogP contribution in [-0.2, 0) is 107 Å². The van der Waals surface area contributed by atoms with Crippen molar-refractivity contribution >= 4 is 167 Å². The van der Waals surface area contributed by atoms with Gasteiger partial charge in [0.25, 0.3) is 0 Å². The summed E-state index contributed by atoms with van der Waals surface area (Å²) in [7, 11) is 1.41. The lowest BCUT2D eigenvalue weighted by Crippen LogP contribution is -2.63. The van der Waals surface area contributed by atoms with Gasteiger partial charge in [0, 0.05) is 114 Å². The summed E-state index contributed by atoms with van der Waals surface area (Å²) in [6.45, 7) is 5.56. The van der Waals surface area contributed by atoms with Crippen LogP contribution >= 0.6 is 33.3 Å². The maximum atomic E-state index is 15.4. The van der Waals surface area contributed by atoms with Crippen LogP contribution in [0, 0.1) is 5.92 Å². The number of imidazole rings is 1. The van der Waals surface area contributed by atoms with Gasteiger partial charge in [-0.1, -0.05) is 96.5 Å². The Hall–Kier alpha value is -12.5. The third-order valence-corrected chi connectivity index (χ3v) is 23.8. The van der Waals surface area contributed by atoms with Crippen molar-refractivity contribution < 1.29 is 91.7 Å². The monoisotopic (exact) mass is 1740 g/mol. The highest BCUT2D eigenvalue weighted by atomic mass is 33.1. The lowest BCUT2D eigenvalue weighted by molar-refractivity contribution is -0.142. The molecule has 24 N–H and O–H groups in total. The molecule has 122 heavy (non-hydrogen) atoms. The maximum Gasteiger partial charge on any atom is 0.305 e. The number of carboxylic acid groups (broad SMARTS) is 1. The van der Waals surface area contributed by atoms with E-state index in [0.717, 1.165) is 6.92 Å². The molecule has 2 aliphatic heterocycles. The van der Waals surface area contributed by atoms with E-state index in [4.69, 9.17) is 17.2 Å². The fourth-order valence-electron chi connectivity index (χ4n) is 14.1. The number of fused-ring (bicyclic) bond motifs is 3. The number of primary amides is 3. The van der Waals surface area contributed by atoms with E-state index >= 15 is 24.0 Å². The van der Waals surface area contributed by atoms with Gasteiger partial charge in [0.1, 0.15) is 78.5 Å². The van der Waals surface area contributed by atoms with Gasteiger partial charge in [0.05, 0.1) is 31.7 Å². The van der Waals surface area contributed by atoms with Crippen molar-refractivity contribution in [2.75, 3.05) is 30.1 Å². The number of rotatable bonds is 33. The van der Waals surface area contributed by atoms with Crippen molar-refractivity contribution in [3.05, 3.63) is 126 Å². The van der Waals surface area contributed by atoms with Crippen LogP contribution in [0.4, 0.5) is 0 Å². The topological polar surface area (TPSA) is 632 Å². The van der Waals surface area contributed by atoms with E-state index in [1.165, 1.54) is 49.2 Å². The normalized spacial score (nSPS) is 20.9. The minimum atomic E-state index is -2.12. The minimum Gasteiger partial charge on any atom is -0.481 e. The van der Waals surface area contributed by atoms with Gasteiger partial charge in [-0.05, 0) is 79.0 Å². The lowest BCUT2D eigenvalue weighted by Gasteiger charge is -2.30. The summed E-state index contributed by atoms with van der Waals surface area (Å²) in [6.07, 6.45) is 3.50. The van der Waals surface area contributed by atoms with E-state index in [1.54, 1.807) is 98.4 Å². The van der Waals surface area contributed by atoms with Crippen LogP contribution in [0.1, 0.15) is 95.0 Å². The third kappa shape index (κ3) is 25.8. The number of benzene rings is 3. The molecule has 654 valence electrons. The number of hydrogen-bond donors (Lipinski definition) is 21. The highest BCUT2D eigenvalue weighted by Gasteiger charge is 2.43. The predicted molar refractivity (Wildman–Crippen MR) is 450 cm³/mol. The predicted octanol–water partition coefficient (Wildman–Crippen LogP) is -2.76. The van der Waals surface area contributed by atoms with Crippen molar-refractivity contribution in [2.24, 2.45) is 23.1 Å². The first-order chi connectivity index (χ1) is 58.2. The van der Waals surface area contributed by atoms with E-state index in [1.807, 2.05) is 0 Å². The van der Waals surface area contributed by atoms with Gasteiger partial charge in [-0.2, -0.15) is 11.8 Å². The second-order valence-corrected chi connectivity index (χ2v) is 33.3. The number of nitrogens with two attached hydrogens (primary N) is 3. The molecule has 0 spiro atoms. The van der Waals surface area contributed by atoms with Crippen LogP contribution in [0.2, 0.25) is 0 Å². The molecule has 0 radical (unpaired) electrons. The largest absolute Gasteiger partial charge is 0.481 e. The summed E-state index contributed by atoms with van der Waals surface area (Å²) in [4.78, 5) is 261. The Labute approximate surface area is 710 Å². The number of hydrogen-bond acceptors (Lipinski definition) is 22. The first kappa shape index (κ1) is 93.4. The number of amides is 16. The average molecular weight is 1750 g/mol. The van der Waals surface area contributed by atoms with Crippen molar-refractivity contribution in [1.82, 2.24) is 93.6 Å². The Morgan fingerprint density at radius 2 is 1.06 bits per heavy atom. The van der Waals surface area contributed by atoms with E-state index in [0.29, 0.717) is 83.2 Å². The number of aliphatic hydroxyl groups excluding tert-OH is 1. The fraction of sp³-hybridized carbons (Fsp3) is 0.443. The molecule has 40 nitrogen and oxygen atoms in total. The minimum absolute atomic E-state index is 0.0380. The maximum absolute atomic E-state index is 15.4. The van der Waals surface area contributed by atoms with Crippen molar-refractivity contribution in [1.29, 1.82) is 0 Å². The second kappa shape index (κ2) is 44.2. The number of thioether (sulfide) groups is 1. The molecule has 2 saturated heterocycles. The molecule has 6 heterocycles. The molecule has 16 amide bonds. The van der Waals surface area contributed by atoms with Gasteiger partial charge < -0.3 is 116 Å². The number of carboxylic acids is 1. The standard InChI is InChI=1S/C79H101N21O19S3/c1-6-38(2)65(98-78(118)66(39(3)101)99-74(114)53(25-42-32-85-49-18-11-8-15-46(42)49)89-68(108)51(21-23-120-5)88-40(4)102)77(117)97-60-36-122-121-35-59(76(116)95-58(79(119)100-22-13-20-61(100)67(82)107)26-43-33-86-50-19-12-9-16-47(43)50)96-73(113)57(30-64(105)106)94-70(110)54(27-44-34-83-37-87-44)91-69(109)52(24-41-31-84-48-17-10-7-14-45(41)48)90-71(111)55(28-62(80)103)92-72(112)56(29-63(81)104)93-75(60)115/h7-12,14-19,31-34,37-39,51-61,65-66,84-86,101H,6,13,20-30,35-36H2,1-5H3,(H2,80,103)(H2,81,104)(H2,82,107)(H,83,87)(H,88,102)(H,89,108)(H,90,111)(H,91,109)(H,92,112)(H,93,115)(H,94,110)(H,95,116)(H,96,113)(H,97,117)(H,98,118)(H,99,114)(H,105,106)/t38-,39+,51-,52-,53-,54-,55-,56-,57-,58-,59-,60-,61-,65-,66-/m0/s1. The third-order valence-electron chi connectivity index (χ3n) is 20.7. The molecule has 3 aromatic carbocycles. The number of aliphatic carboxylic acids is 1. The average Bonchev–Trinajstić information content (AvgIpc) is 1.68. The Bertz CT molecular complexity index is 5000. The zero-order valence-electron chi connectivity index (χ0n) is 67.3. The van der Waals surface area contributed by atoms with Gasteiger partial charge in [-0.3, -0.25) is 81.5 Å². The number of nitrogens with zero attached hydrogens (tertiary/aromatic N) is 2. The van der Waals surface area contributed by atoms with Gasteiger partial charge in [-0.15, -0.1) is 0 Å². The van der Waals surface area contributed by atoms with Crippen molar-refractivity contribution in [2.45, 2.75) is 183 Å². The molecule has 0 bridgehead atoms. The zero-order chi connectivity index (χ0) is 88.6. The zero-order valence-corrected chi connectivity index (χ0v) is 69.7. The Morgan fingerprint density at radius 3 is 1.58 bits per heavy atom. The number of carbonyl (C=O) groups is 17. The van der Waals surface area contributed by atoms with Crippen LogP contribution in [0.5, 0.6) is 0 Å². The van der Waals surface area contributed by atoms with Crippen LogP contribution < -0.4 is 81.0 Å². The quantitative estimate of drug-likeness (QED) is 0.0185. The molecule has 9 rings (SSSR count). The Kier molecular flexibility index (Phi) is 33.8. The van der Waals surface area contributed by atoms with Gasteiger partial charge >= 0.3 is 5.97 Å².